The van der Waals surface area contributed by atoms with E-state index < -0.39 is 0 Å². The Kier molecular flexibility index (Phi) is 3.82. The number of carbonyl (C=O) groups excluding carboxylic acids is 1. The molecule has 0 aliphatic carbocycles. The molecule has 1 saturated heterocycles. The van der Waals surface area contributed by atoms with Crippen molar-refractivity contribution in [3.05, 3.63) is 57.6 Å². The third-order valence-electron chi connectivity index (χ3n) is 4.89. The third kappa shape index (κ3) is 2.60. The summed E-state index contributed by atoms with van der Waals surface area (Å²) in [4.78, 5) is 14.8. The van der Waals surface area contributed by atoms with Gasteiger partial charge in [0.2, 0.25) is 0 Å². The van der Waals surface area contributed by atoms with Gasteiger partial charge in [-0.05, 0) is 60.7 Å². The van der Waals surface area contributed by atoms with Crippen molar-refractivity contribution in [1.82, 2.24) is 4.90 Å². The minimum Gasteiger partial charge on any atom is -0.399 e. The normalized spacial score (nSPS) is 21.5. The number of benzene rings is 2. The molecule has 2 amide bonds. The first-order valence-corrected chi connectivity index (χ1v) is 8.71. The van der Waals surface area contributed by atoms with Crippen LogP contribution in [0.1, 0.15) is 30.0 Å². The summed E-state index contributed by atoms with van der Waals surface area (Å²) in [6.07, 6.45) is 2.84. The predicted molar refractivity (Wildman–Crippen MR) is 97.6 cm³/mol. The number of nitrogen functional groups attached to an aromatic ring is 1. The van der Waals surface area contributed by atoms with Crippen LogP contribution in [0.2, 0.25) is 10.0 Å². The van der Waals surface area contributed by atoms with Crippen LogP contribution in [0, 0.1) is 0 Å². The number of rotatable bonds is 1. The molecule has 0 saturated carbocycles. The zero-order valence-corrected chi connectivity index (χ0v) is 14.4. The van der Waals surface area contributed by atoms with Crippen molar-refractivity contribution in [1.29, 1.82) is 0 Å². The Bertz CT molecular complexity index is 824. The molecule has 0 unspecified atom stereocenters. The molecule has 124 valence electrons. The van der Waals surface area contributed by atoms with E-state index in [1.54, 1.807) is 18.2 Å². The molecule has 6 heteroatoms. The zero-order valence-electron chi connectivity index (χ0n) is 12.9. The van der Waals surface area contributed by atoms with Crippen LogP contribution in [0.3, 0.4) is 0 Å². The first-order valence-electron chi connectivity index (χ1n) is 7.95. The van der Waals surface area contributed by atoms with Crippen LogP contribution >= 0.6 is 23.2 Å². The molecule has 2 bridgehead atoms. The van der Waals surface area contributed by atoms with Gasteiger partial charge in [0.15, 0.2) is 0 Å². The summed E-state index contributed by atoms with van der Waals surface area (Å²) in [5, 5.41) is 3.84. The summed E-state index contributed by atoms with van der Waals surface area (Å²) in [7, 11) is 0. The highest BCUT2D eigenvalue weighted by Crippen LogP contribution is 2.44. The standard InChI is InChI=1S/C18H17Cl2N3O/c19-15-5-2-12(9-16(15)20)22-18(24)23-13-3-6-17(23)14-4-1-11(21)7-10(14)8-13/h1-2,4-5,7,9,13,17H,3,6,8,21H2,(H,22,24)/t13-,17+/m1/s1. The van der Waals surface area contributed by atoms with Crippen molar-refractivity contribution < 1.29 is 4.79 Å². The van der Waals surface area contributed by atoms with Gasteiger partial charge in [-0.3, -0.25) is 0 Å². The van der Waals surface area contributed by atoms with E-state index >= 15 is 0 Å². The molecule has 2 aromatic rings. The fourth-order valence-electron chi connectivity index (χ4n) is 3.84. The van der Waals surface area contributed by atoms with Crippen molar-refractivity contribution in [3.63, 3.8) is 0 Å². The summed E-state index contributed by atoms with van der Waals surface area (Å²) >= 11 is 12.0. The molecule has 4 rings (SSSR count). The molecular weight excluding hydrogens is 345 g/mol. The number of anilines is 2. The Morgan fingerprint density at radius 2 is 1.96 bits per heavy atom. The third-order valence-corrected chi connectivity index (χ3v) is 5.63. The van der Waals surface area contributed by atoms with Crippen LogP contribution in [0.25, 0.3) is 0 Å². The van der Waals surface area contributed by atoms with Crippen LogP contribution in [-0.2, 0) is 6.42 Å². The number of nitrogens with zero attached hydrogens (tertiary/aromatic N) is 1. The molecule has 2 heterocycles. The quantitative estimate of drug-likeness (QED) is 0.711. The summed E-state index contributed by atoms with van der Waals surface area (Å²) in [6.45, 7) is 0. The molecule has 2 aliphatic rings. The van der Waals surface area contributed by atoms with E-state index in [2.05, 4.69) is 11.4 Å². The van der Waals surface area contributed by atoms with Gasteiger partial charge in [-0.2, -0.15) is 0 Å². The molecule has 4 nitrogen and oxygen atoms in total. The Hall–Kier alpha value is -1.91. The number of hydrogen-bond donors (Lipinski definition) is 2. The summed E-state index contributed by atoms with van der Waals surface area (Å²) < 4.78 is 0. The fraction of sp³-hybridized carbons (Fsp3) is 0.278. The lowest BCUT2D eigenvalue weighted by Crippen LogP contribution is -2.44. The Labute approximate surface area is 150 Å². The first-order chi connectivity index (χ1) is 11.5. The number of nitrogens with one attached hydrogen (secondary N) is 1. The van der Waals surface area contributed by atoms with E-state index in [9.17, 15) is 4.79 Å². The molecule has 2 atom stereocenters. The van der Waals surface area contributed by atoms with E-state index in [0.29, 0.717) is 15.7 Å². The summed E-state index contributed by atoms with van der Waals surface area (Å²) in [6, 6.07) is 11.3. The minimum atomic E-state index is -0.0941. The topological polar surface area (TPSA) is 58.4 Å². The molecule has 2 aromatic carbocycles. The lowest BCUT2D eigenvalue weighted by Gasteiger charge is -2.36. The number of hydrogen-bond acceptors (Lipinski definition) is 2. The zero-order chi connectivity index (χ0) is 16.8. The molecule has 0 radical (unpaired) electrons. The SMILES string of the molecule is Nc1ccc2c(c1)C[C@H]1CC[C@@H]2N1C(=O)Nc1ccc(Cl)c(Cl)c1. The molecule has 0 spiro atoms. The fourth-order valence-corrected chi connectivity index (χ4v) is 4.14. The highest BCUT2D eigenvalue weighted by atomic mass is 35.5. The average Bonchev–Trinajstić information content (AvgIpc) is 2.86. The lowest BCUT2D eigenvalue weighted by atomic mass is 9.93. The average molecular weight is 362 g/mol. The number of nitrogens with two attached hydrogens (primary N) is 1. The van der Waals surface area contributed by atoms with E-state index in [0.717, 1.165) is 24.9 Å². The maximum absolute atomic E-state index is 12.8. The maximum atomic E-state index is 12.8. The van der Waals surface area contributed by atoms with Crippen LogP contribution in [0.15, 0.2) is 36.4 Å². The van der Waals surface area contributed by atoms with Crippen molar-refractivity contribution in [3.8, 4) is 0 Å². The van der Waals surface area contributed by atoms with Crippen molar-refractivity contribution in [2.24, 2.45) is 0 Å². The van der Waals surface area contributed by atoms with E-state index in [1.165, 1.54) is 11.1 Å². The lowest BCUT2D eigenvalue weighted by molar-refractivity contribution is 0.179. The number of carbonyl (C=O) groups is 1. The van der Waals surface area contributed by atoms with Gasteiger partial charge < -0.3 is 16.0 Å². The minimum absolute atomic E-state index is 0.0941. The van der Waals surface area contributed by atoms with Crippen LogP contribution < -0.4 is 11.1 Å². The maximum Gasteiger partial charge on any atom is 0.322 e. The highest BCUT2D eigenvalue weighted by molar-refractivity contribution is 6.42. The molecule has 3 N–H and O–H groups in total. The highest BCUT2D eigenvalue weighted by Gasteiger charge is 2.42. The van der Waals surface area contributed by atoms with Crippen molar-refractivity contribution in [2.45, 2.75) is 31.3 Å². The van der Waals surface area contributed by atoms with Gasteiger partial charge in [-0.25, -0.2) is 4.79 Å². The summed E-state index contributed by atoms with van der Waals surface area (Å²) in [5.74, 6) is 0. The van der Waals surface area contributed by atoms with E-state index in [-0.39, 0.29) is 18.1 Å². The van der Waals surface area contributed by atoms with Gasteiger partial charge in [0, 0.05) is 17.4 Å². The van der Waals surface area contributed by atoms with Gasteiger partial charge in [-0.1, -0.05) is 29.3 Å². The first kappa shape index (κ1) is 15.6. The smallest absolute Gasteiger partial charge is 0.322 e. The second-order valence-electron chi connectivity index (χ2n) is 6.38. The Morgan fingerprint density at radius 1 is 1.12 bits per heavy atom. The number of amides is 2. The predicted octanol–water partition coefficient (Wildman–Crippen LogP) is 4.87. The second-order valence-corrected chi connectivity index (χ2v) is 7.19. The van der Waals surface area contributed by atoms with Gasteiger partial charge >= 0.3 is 6.03 Å². The molecular formula is C18H17Cl2N3O. The Morgan fingerprint density at radius 3 is 2.75 bits per heavy atom. The van der Waals surface area contributed by atoms with Gasteiger partial charge in [0.1, 0.15) is 0 Å². The number of halogens is 2. The van der Waals surface area contributed by atoms with Crippen molar-refractivity contribution in [2.75, 3.05) is 11.1 Å². The second kappa shape index (κ2) is 5.87. The summed E-state index contributed by atoms with van der Waals surface area (Å²) in [5.41, 5.74) is 9.80. The van der Waals surface area contributed by atoms with Crippen LogP contribution in [0.5, 0.6) is 0 Å². The van der Waals surface area contributed by atoms with Gasteiger partial charge in [0.05, 0.1) is 16.1 Å². The van der Waals surface area contributed by atoms with E-state index in [1.807, 2.05) is 17.0 Å². The van der Waals surface area contributed by atoms with Gasteiger partial charge in [-0.15, -0.1) is 0 Å². The monoisotopic (exact) mass is 361 g/mol. The largest absolute Gasteiger partial charge is 0.399 e. The van der Waals surface area contributed by atoms with Crippen LogP contribution in [0.4, 0.5) is 16.2 Å². The Balaban J connectivity index is 1.59. The molecule has 2 aliphatic heterocycles. The molecule has 0 aromatic heterocycles. The van der Waals surface area contributed by atoms with E-state index in [4.69, 9.17) is 28.9 Å². The van der Waals surface area contributed by atoms with Crippen molar-refractivity contribution >= 4 is 40.6 Å². The van der Waals surface area contributed by atoms with Gasteiger partial charge in [0.25, 0.3) is 0 Å². The molecule has 1 fully saturated rings. The van der Waals surface area contributed by atoms with Crippen LogP contribution in [-0.4, -0.2) is 17.0 Å². The number of urea groups is 1. The molecule has 24 heavy (non-hydrogen) atoms. The number of fused-ring (bicyclic) bond motifs is 4.